The number of rotatable bonds is 4. The summed E-state index contributed by atoms with van der Waals surface area (Å²) in [5.74, 6) is -0.0348. The molecule has 1 heterocycles. The van der Waals surface area contributed by atoms with Crippen LogP contribution in [0.5, 0.6) is 5.75 Å². The second-order valence-electron chi connectivity index (χ2n) is 4.01. The number of carbonyl (C=O) groups excluding carboxylic acids is 1. The van der Waals surface area contributed by atoms with Crippen molar-refractivity contribution < 1.29 is 19.2 Å². The second kappa shape index (κ2) is 5.39. The van der Waals surface area contributed by atoms with E-state index in [4.69, 9.17) is 4.42 Å². The number of nitrogens with zero attached hydrogens (tertiary/aromatic N) is 2. The van der Waals surface area contributed by atoms with Crippen LogP contribution in [0.3, 0.4) is 0 Å². The van der Waals surface area contributed by atoms with Gasteiger partial charge in [0.2, 0.25) is 5.89 Å². The highest BCUT2D eigenvalue weighted by Gasteiger charge is 2.20. The summed E-state index contributed by atoms with van der Waals surface area (Å²) in [5.41, 5.74) is -0.609. The molecule has 104 valence electrons. The summed E-state index contributed by atoms with van der Waals surface area (Å²) in [6, 6.07) is 3.25. The molecule has 0 fully saturated rings. The molecule has 2 rings (SSSR count). The summed E-state index contributed by atoms with van der Waals surface area (Å²) in [7, 11) is 0. The molecule has 1 aromatic heterocycles. The molecule has 0 aliphatic rings. The van der Waals surface area contributed by atoms with Crippen LogP contribution in [0.25, 0.3) is 0 Å². The minimum atomic E-state index is -0.691. The molecule has 0 saturated carbocycles. The third-order valence-electron chi connectivity index (χ3n) is 2.49. The van der Waals surface area contributed by atoms with E-state index in [1.54, 1.807) is 6.92 Å². The van der Waals surface area contributed by atoms with Crippen LogP contribution in [-0.2, 0) is 6.54 Å². The number of carbonyl (C=O) groups is 1. The molecular formula is C12H11N3O5. The van der Waals surface area contributed by atoms with Crippen molar-refractivity contribution in [1.29, 1.82) is 0 Å². The van der Waals surface area contributed by atoms with Crippen molar-refractivity contribution >= 4 is 11.6 Å². The molecule has 0 aliphatic heterocycles. The SMILES string of the molecule is Cc1cnc(CNC(=O)c2cc(O)ccc2[N+](=O)[O-])o1. The lowest BCUT2D eigenvalue weighted by Crippen LogP contribution is -2.23. The zero-order valence-corrected chi connectivity index (χ0v) is 10.5. The van der Waals surface area contributed by atoms with Gasteiger partial charge in [-0.1, -0.05) is 0 Å². The first kappa shape index (κ1) is 13.5. The Kier molecular flexibility index (Phi) is 3.65. The number of hydrogen-bond donors (Lipinski definition) is 2. The predicted octanol–water partition coefficient (Wildman–Crippen LogP) is 1.53. The van der Waals surface area contributed by atoms with Gasteiger partial charge >= 0.3 is 0 Å². The first-order valence-electron chi connectivity index (χ1n) is 5.64. The number of benzene rings is 1. The van der Waals surface area contributed by atoms with Gasteiger partial charge in [-0.2, -0.15) is 0 Å². The van der Waals surface area contributed by atoms with Gasteiger partial charge in [-0.25, -0.2) is 4.98 Å². The van der Waals surface area contributed by atoms with Crippen LogP contribution in [-0.4, -0.2) is 20.9 Å². The van der Waals surface area contributed by atoms with Crippen LogP contribution in [0, 0.1) is 17.0 Å². The van der Waals surface area contributed by atoms with E-state index in [1.807, 2.05) is 0 Å². The molecule has 8 heteroatoms. The zero-order chi connectivity index (χ0) is 14.7. The third kappa shape index (κ3) is 2.91. The summed E-state index contributed by atoms with van der Waals surface area (Å²) in [4.78, 5) is 25.9. The van der Waals surface area contributed by atoms with E-state index < -0.39 is 10.8 Å². The van der Waals surface area contributed by atoms with E-state index in [0.29, 0.717) is 11.7 Å². The van der Waals surface area contributed by atoms with Crippen LogP contribution in [0.15, 0.2) is 28.8 Å². The standard InChI is InChI=1S/C12H11N3O5/c1-7-5-13-11(20-7)6-14-12(17)9-4-8(16)2-3-10(9)15(18)19/h2-5,16H,6H2,1H3,(H,14,17). The first-order chi connectivity index (χ1) is 9.47. The largest absolute Gasteiger partial charge is 0.508 e. The van der Waals surface area contributed by atoms with Crippen molar-refractivity contribution in [2.45, 2.75) is 13.5 Å². The zero-order valence-electron chi connectivity index (χ0n) is 10.5. The van der Waals surface area contributed by atoms with Gasteiger partial charge in [-0.15, -0.1) is 0 Å². The fourth-order valence-electron chi connectivity index (χ4n) is 1.60. The average Bonchev–Trinajstić information content (AvgIpc) is 2.81. The third-order valence-corrected chi connectivity index (χ3v) is 2.49. The fraction of sp³-hybridized carbons (Fsp3) is 0.167. The highest BCUT2D eigenvalue weighted by atomic mass is 16.6. The number of phenolic OH excluding ortho intramolecular Hbond substituents is 1. The number of nitro groups is 1. The lowest BCUT2D eigenvalue weighted by atomic mass is 10.1. The van der Waals surface area contributed by atoms with Crippen molar-refractivity contribution in [3.63, 3.8) is 0 Å². The number of aromatic nitrogens is 1. The maximum atomic E-state index is 11.9. The molecule has 20 heavy (non-hydrogen) atoms. The maximum absolute atomic E-state index is 11.9. The number of aromatic hydroxyl groups is 1. The molecule has 1 amide bonds. The Morgan fingerprint density at radius 3 is 2.90 bits per heavy atom. The van der Waals surface area contributed by atoms with E-state index >= 15 is 0 Å². The molecule has 1 aromatic carbocycles. The van der Waals surface area contributed by atoms with Crippen molar-refractivity contribution in [2.75, 3.05) is 0 Å². The van der Waals surface area contributed by atoms with Gasteiger partial charge < -0.3 is 14.8 Å². The molecule has 8 nitrogen and oxygen atoms in total. The molecule has 2 aromatic rings. The van der Waals surface area contributed by atoms with Gasteiger partial charge in [0.15, 0.2) is 0 Å². The van der Waals surface area contributed by atoms with E-state index in [-0.39, 0.29) is 23.5 Å². The summed E-state index contributed by atoms with van der Waals surface area (Å²) < 4.78 is 5.16. The molecule has 0 radical (unpaired) electrons. The number of nitrogens with one attached hydrogen (secondary N) is 1. The molecule has 0 unspecified atom stereocenters. The van der Waals surface area contributed by atoms with Gasteiger partial charge in [0.25, 0.3) is 11.6 Å². The topological polar surface area (TPSA) is 119 Å². The lowest BCUT2D eigenvalue weighted by Gasteiger charge is -2.04. The fourth-order valence-corrected chi connectivity index (χ4v) is 1.60. The van der Waals surface area contributed by atoms with Gasteiger partial charge in [0.1, 0.15) is 17.1 Å². The number of phenols is 1. The maximum Gasteiger partial charge on any atom is 0.282 e. The van der Waals surface area contributed by atoms with Gasteiger partial charge in [-0.05, 0) is 19.1 Å². The smallest absolute Gasteiger partial charge is 0.282 e. The Morgan fingerprint density at radius 1 is 1.55 bits per heavy atom. The van der Waals surface area contributed by atoms with Crippen molar-refractivity contribution in [1.82, 2.24) is 10.3 Å². The Balaban J connectivity index is 2.16. The van der Waals surface area contributed by atoms with Gasteiger partial charge in [0.05, 0.1) is 17.7 Å². The molecule has 0 aliphatic carbocycles. The monoisotopic (exact) mass is 277 g/mol. The number of amides is 1. The second-order valence-corrected chi connectivity index (χ2v) is 4.01. The number of nitro benzene ring substituents is 1. The van der Waals surface area contributed by atoms with Gasteiger partial charge in [-0.3, -0.25) is 14.9 Å². The van der Waals surface area contributed by atoms with Crippen molar-refractivity contribution in [3.8, 4) is 5.75 Å². The Hall–Kier alpha value is -2.90. The predicted molar refractivity (Wildman–Crippen MR) is 67.2 cm³/mol. The Morgan fingerprint density at radius 2 is 2.30 bits per heavy atom. The number of hydrogen-bond acceptors (Lipinski definition) is 6. The summed E-state index contributed by atoms with van der Waals surface area (Å²) in [6.45, 7) is 1.71. The lowest BCUT2D eigenvalue weighted by molar-refractivity contribution is -0.385. The van der Waals surface area contributed by atoms with Crippen LogP contribution < -0.4 is 5.32 Å². The normalized spacial score (nSPS) is 10.2. The average molecular weight is 277 g/mol. The molecule has 0 saturated heterocycles. The van der Waals surface area contributed by atoms with Crippen molar-refractivity contribution in [2.24, 2.45) is 0 Å². The Bertz CT molecular complexity index is 665. The highest BCUT2D eigenvalue weighted by Crippen LogP contribution is 2.23. The van der Waals surface area contributed by atoms with E-state index in [1.165, 1.54) is 6.20 Å². The van der Waals surface area contributed by atoms with E-state index in [9.17, 15) is 20.0 Å². The quantitative estimate of drug-likeness (QED) is 0.646. The molecule has 2 N–H and O–H groups in total. The highest BCUT2D eigenvalue weighted by molar-refractivity contribution is 5.98. The molecular weight excluding hydrogens is 266 g/mol. The van der Waals surface area contributed by atoms with E-state index in [2.05, 4.69) is 10.3 Å². The number of oxazole rings is 1. The van der Waals surface area contributed by atoms with Crippen LogP contribution in [0.1, 0.15) is 22.0 Å². The van der Waals surface area contributed by atoms with Crippen molar-refractivity contribution in [3.05, 3.63) is 51.7 Å². The minimum absolute atomic E-state index is 0.000512. The molecule has 0 spiro atoms. The van der Waals surface area contributed by atoms with Gasteiger partial charge in [0, 0.05) is 6.07 Å². The first-order valence-corrected chi connectivity index (χ1v) is 5.64. The van der Waals surface area contributed by atoms with E-state index in [0.717, 1.165) is 18.2 Å². The van der Waals surface area contributed by atoms with Crippen LogP contribution >= 0.6 is 0 Å². The Labute approximate surface area is 113 Å². The number of aryl methyl sites for hydroxylation is 1. The summed E-state index contributed by atoms with van der Waals surface area (Å²) >= 11 is 0. The van der Waals surface area contributed by atoms with Crippen LogP contribution in [0.2, 0.25) is 0 Å². The minimum Gasteiger partial charge on any atom is -0.508 e. The summed E-state index contributed by atoms with van der Waals surface area (Å²) in [6.07, 6.45) is 1.50. The summed E-state index contributed by atoms with van der Waals surface area (Å²) in [5, 5.41) is 22.6. The van der Waals surface area contributed by atoms with Crippen LogP contribution in [0.4, 0.5) is 5.69 Å². The molecule has 0 bridgehead atoms. The molecule has 0 atom stereocenters.